The third-order valence-corrected chi connectivity index (χ3v) is 15.5. The summed E-state index contributed by atoms with van der Waals surface area (Å²) in [5.74, 6) is 1.87. The molecule has 340 valence electrons. The van der Waals surface area contributed by atoms with Gasteiger partial charge < -0.3 is 9.80 Å². The van der Waals surface area contributed by atoms with Gasteiger partial charge in [0.25, 0.3) is 6.71 Å². The summed E-state index contributed by atoms with van der Waals surface area (Å²) in [5.41, 5.74) is 14.7. The van der Waals surface area contributed by atoms with Gasteiger partial charge in [-0.25, -0.2) is 15.0 Å². The van der Waals surface area contributed by atoms with Crippen molar-refractivity contribution in [3.05, 3.63) is 228 Å². The first-order valence-corrected chi connectivity index (χ1v) is 26.0. The van der Waals surface area contributed by atoms with Gasteiger partial charge in [-0.15, -0.1) is 0 Å². The molecule has 72 heavy (non-hydrogen) atoms. The van der Waals surface area contributed by atoms with Crippen LogP contribution in [0.4, 0.5) is 34.1 Å². The van der Waals surface area contributed by atoms with Crippen molar-refractivity contribution in [2.24, 2.45) is 0 Å². The molecule has 0 spiro atoms. The maximum absolute atomic E-state index is 5.40. The molecule has 0 aliphatic carbocycles. The van der Waals surface area contributed by atoms with Gasteiger partial charge in [0.2, 0.25) is 0 Å². The van der Waals surface area contributed by atoms with Crippen LogP contribution in [0.25, 0.3) is 77.3 Å². The van der Waals surface area contributed by atoms with Crippen LogP contribution in [0.3, 0.4) is 0 Å². The highest BCUT2D eigenvalue weighted by molar-refractivity contribution is 14.1. The Labute approximate surface area is 432 Å². The van der Waals surface area contributed by atoms with E-state index in [2.05, 4.69) is 221 Å². The fourth-order valence-electron chi connectivity index (χ4n) is 11.4. The molecule has 0 unspecified atom stereocenters. The topological polar surface area (TPSA) is 45.2 Å². The molecular formula is C65H45BIN5. The van der Waals surface area contributed by atoms with Crippen LogP contribution in [0.2, 0.25) is 0 Å². The maximum Gasteiger partial charge on any atom is 0.252 e. The predicted molar refractivity (Wildman–Crippen MR) is 312 cm³/mol. The van der Waals surface area contributed by atoms with E-state index in [-0.39, 0.29) is 6.71 Å². The molecule has 0 amide bonds. The van der Waals surface area contributed by atoms with Crippen molar-refractivity contribution in [3.8, 4) is 34.2 Å². The highest BCUT2D eigenvalue weighted by Gasteiger charge is 2.45. The highest BCUT2D eigenvalue weighted by Crippen LogP contribution is 2.49. The molecule has 0 saturated heterocycles. The standard InChI is InChI=1S/C65H45BIN5/c1-2-3-14-41-23-29-52(30-24-41)71-58-39-50(65-69-63(42-15-6-4-7-16-42)68-64(70-65)43-17-8-5-9-18-43)40-59-60(58)66(56-33-25-48-35-44-19-10-12-21-46(44)37-54(48)61(56)71)57-34-26-49-36-45-20-11-13-22-47(45)38-55(49)62(57)72(59)53-31-27-51(67)28-32-53/h4-13,15-40H,2-3,14H2,1H3. The second-order valence-corrected chi connectivity index (χ2v) is 20.4. The number of halogens is 1. The Morgan fingerprint density at radius 3 is 1.32 bits per heavy atom. The minimum atomic E-state index is -0.112. The van der Waals surface area contributed by atoms with Crippen LogP contribution in [-0.4, -0.2) is 21.7 Å². The van der Waals surface area contributed by atoms with Gasteiger partial charge in [0, 0.05) is 65.2 Å². The molecule has 0 atom stereocenters. The normalized spacial score (nSPS) is 12.7. The van der Waals surface area contributed by atoms with Gasteiger partial charge >= 0.3 is 0 Å². The van der Waals surface area contributed by atoms with Crippen LogP contribution in [0.5, 0.6) is 0 Å². The molecule has 0 fully saturated rings. The number of benzene rings is 11. The van der Waals surface area contributed by atoms with Crippen molar-refractivity contribution in [3.63, 3.8) is 0 Å². The predicted octanol–water partition coefficient (Wildman–Crippen LogP) is 15.5. The lowest BCUT2D eigenvalue weighted by molar-refractivity contribution is 0.795. The third-order valence-electron chi connectivity index (χ3n) is 14.8. The van der Waals surface area contributed by atoms with E-state index in [0.717, 1.165) is 58.7 Å². The molecule has 0 bridgehead atoms. The average molecular weight is 1030 g/mol. The average Bonchev–Trinajstić information content (AvgIpc) is 3.44. The molecule has 7 heteroatoms. The minimum Gasteiger partial charge on any atom is -0.311 e. The van der Waals surface area contributed by atoms with Crippen LogP contribution in [-0.2, 0) is 6.42 Å². The largest absolute Gasteiger partial charge is 0.311 e. The van der Waals surface area contributed by atoms with Crippen molar-refractivity contribution in [2.45, 2.75) is 26.2 Å². The van der Waals surface area contributed by atoms with Crippen LogP contribution in [0, 0.1) is 3.57 Å². The number of rotatable bonds is 8. The van der Waals surface area contributed by atoms with Crippen molar-refractivity contribution in [2.75, 3.05) is 9.80 Å². The summed E-state index contributed by atoms with van der Waals surface area (Å²) >= 11 is 2.43. The number of nitrogens with zero attached hydrogens (tertiary/aromatic N) is 5. The lowest BCUT2D eigenvalue weighted by Gasteiger charge is -2.45. The molecule has 0 N–H and O–H groups in total. The van der Waals surface area contributed by atoms with Crippen molar-refractivity contribution in [1.29, 1.82) is 0 Å². The highest BCUT2D eigenvalue weighted by atomic mass is 127. The first kappa shape index (κ1) is 42.7. The molecule has 0 radical (unpaired) electrons. The Morgan fingerprint density at radius 1 is 0.417 bits per heavy atom. The fraction of sp³-hybridized carbons (Fsp3) is 0.0615. The summed E-state index contributed by atoms with van der Waals surface area (Å²) < 4.78 is 1.18. The van der Waals surface area contributed by atoms with E-state index in [1.807, 2.05) is 36.4 Å². The van der Waals surface area contributed by atoms with Gasteiger partial charge in [-0.05, 0) is 162 Å². The maximum atomic E-state index is 5.40. The van der Waals surface area contributed by atoms with E-state index in [0.29, 0.717) is 17.5 Å². The monoisotopic (exact) mass is 1030 g/mol. The van der Waals surface area contributed by atoms with Gasteiger partial charge in [0.05, 0.1) is 0 Å². The van der Waals surface area contributed by atoms with Gasteiger partial charge in [0.1, 0.15) is 0 Å². The number of anilines is 6. The summed E-state index contributed by atoms with van der Waals surface area (Å²) in [6.45, 7) is 2.15. The zero-order valence-corrected chi connectivity index (χ0v) is 41.8. The Morgan fingerprint density at radius 2 is 0.847 bits per heavy atom. The first-order chi connectivity index (χ1) is 35.5. The summed E-state index contributed by atoms with van der Waals surface area (Å²) in [6, 6.07) is 80.2. The van der Waals surface area contributed by atoms with Crippen LogP contribution in [0.15, 0.2) is 218 Å². The molecule has 2 aliphatic rings. The molecule has 0 saturated carbocycles. The number of fused-ring (bicyclic) bond motifs is 10. The smallest absolute Gasteiger partial charge is 0.252 e. The van der Waals surface area contributed by atoms with E-state index < -0.39 is 0 Å². The van der Waals surface area contributed by atoms with Crippen molar-refractivity contribution in [1.82, 2.24) is 15.0 Å². The molecular weight excluding hydrogens is 988 g/mol. The van der Waals surface area contributed by atoms with E-state index in [4.69, 9.17) is 15.0 Å². The lowest BCUT2D eigenvalue weighted by atomic mass is 9.33. The number of unbranched alkanes of at least 4 members (excludes halogenated alkanes) is 1. The first-order valence-electron chi connectivity index (χ1n) is 25.0. The Hall–Kier alpha value is -8.14. The molecule has 1 aromatic heterocycles. The third kappa shape index (κ3) is 7.08. The van der Waals surface area contributed by atoms with Crippen LogP contribution < -0.4 is 26.2 Å². The van der Waals surface area contributed by atoms with Crippen molar-refractivity contribution >= 4 is 123 Å². The Kier molecular flexibility index (Phi) is 10.3. The van der Waals surface area contributed by atoms with Gasteiger partial charge in [-0.2, -0.15) is 0 Å². The SMILES string of the molecule is CCCCc1ccc(N2c3cc(-c4nc(-c5ccccc5)nc(-c5ccccc5)n4)cc4c3B(c3ccc5cc6ccccc6cc5c3N4c3ccc(I)cc3)c3ccc4cc5ccccc5cc4c32)cc1. The zero-order chi connectivity index (χ0) is 47.9. The second kappa shape index (κ2) is 17.3. The molecule has 14 rings (SSSR count). The zero-order valence-electron chi connectivity index (χ0n) is 39.6. The molecule has 12 aromatic rings. The number of aryl methyl sites for hydroxylation is 1. The number of hydrogen-bond donors (Lipinski definition) is 0. The van der Waals surface area contributed by atoms with E-state index in [1.54, 1.807) is 0 Å². The van der Waals surface area contributed by atoms with Crippen LogP contribution >= 0.6 is 22.6 Å². The van der Waals surface area contributed by atoms with Crippen LogP contribution in [0.1, 0.15) is 25.3 Å². The molecule has 2 aliphatic heterocycles. The van der Waals surface area contributed by atoms with E-state index >= 15 is 0 Å². The summed E-state index contributed by atoms with van der Waals surface area (Å²) in [6.07, 6.45) is 3.36. The summed E-state index contributed by atoms with van der Waals surface area (Å²) in [7, 11) is 0. The van der Waals surface area contributed by atoms with Crippen molar-refractivity contribution < 1.29 is 0 Å². The number of hydrogen-bond acceptors (Lipinski definition) is 5. The molecule has 3 heterocycles. The Balaban J connectivity index is 1.14. The molecule has 5 nitrogen and oxygen atoms in total. The van der Waals surface area contributed by atoms with E-state index in [9.17, 15) is 0 Å². The quantitative estimate of drug-likeness (QED) is 0.0862. The van der Waals surface area contributed by atoms with Gasteiger partial charge in [0.15, 0.2) is 17.5 Å². The second-order valence-electron chi connectivity index (χ2n) is 19.2. The summed E-state index contributed by atoms with van der Waals surface area (Å²) in [5, 5.41) is 9.70. The fourth-order valence-corrected chi connectivity index (χ4v) is 11.7. The minimum absolute atomic E-state index is 0.112. The number of aromatic nitrogens is 3. The van der Waals surface area contributed by atoms with E-state index in [1.165, 1.54) is 80.0 Å². The van der Waals surface area contributed by atoms with Gasteiger partial charge in [-0.3, -0.25) is 0 Å². The lowest BCUT2D eigenvalue weighted by Crippen LogP contribution is -2.61. The summed E-state index contributed by atoms with van der Waals surface area (Å²) in [4.78, 5) is 21.0. The Bertz CT molecular complexity index is 4050. The van der Waals surface area contributed by atoms with Gasteiger partial charge in [-0.1, -0.05) is 159 Å². The molecule has 11 aromatic carbocycles.